The molecule has 0 aromatic carbocycles. The number of aryl methyl sites for hydroxylation is 2. The third-order valence-corrected chi connectivity index (χ3v) is 2.92. The van der Waals surface area contributed by atoms with Crippen molar-refractivity contribution >= 4 is 23.9 Å². The summed E-state index contributed by atoms with van der Waals surface area (Å²) in [5, 5.41) is 0. The summed E-state index contributed by atoms with van der Waals surface area (Å²) < 4.78 is 4.67. The normalized spacial score (nSPS) is 9.00. The topological polar surface area (TPSA) is 73.3 Å². The summed E-state index contributed by atoms with van der Waals surface area (Å²) in [7, 11) is 1.37. The van der Waals surface area contributed by atoms with Gasteiger partial charge in [0, 0.05) is 5.69 Å². The smallest absolute Gasteiger partial charge is 0.373 e. The predicted molar refractivity (Wildman–Crippen MR) is 72.0 cm³/mol. The van der Waals surface area contributed by atoms with Crippen molar-refractivity contribution < 1.29 is 19.1 Å². The number of methoxy groups -OCH3 is 1. The fraction of sp³-hybridized carbons (Fsp3) is 0.462. The number of ether oxygens (including phenoxy) is 1. The van der Waals surface area contributed by atoms with E-state index >= 15 is 0 Å². The van der Waals surface area contributed by atoms with Gasteiger partial charge in [0.25, 0.3) is 0 Å². The number of hydrogen-bond donors (Lipinski definition) is 0. The van der Waals surface area contributed by atoms with Gasteiger partial charge in [-0.05, 0) is 49.5 Å². The van der Waals surface area contributed by atoms with E-state index in [1.165, 1.54) is 7.11 Å². The summed E-state index contributed by atoms with van der Waals surface area (Å²) in [5.74, 6) is 0.768. The summed E-state index contributed by atoms with van der Waals surface area (Å²) in [4.78, 5) is 31.8. The molecule has 1 rings (SSSR count). The van der Waals surface area contributed by atoms with E-state index in [2.05, 4.69) is 16.0 Å². The van der Waals surface area contributed by atoms with Crippen LogP contribution in [0.1, 0.15) is 28.2 Å². The molecule has 19 heavy (non-hydrogen) atoms. The first-order chi connectivity index (χ1) is 9.08. The number of carbonyl (C=O) groups excluding carboxylic acids is 3. The number of aromatic nitrogens is 1. The highest BCUT2D eigenvalue weighted by Crippen LogP contribution is 2.10. The Balaban J connectivity index is 0.000000982. The SMILES string of the molecule is COC(=O)c1cc(CCCSC)cc(C)n1.O=C=O. The Bertz CT molecular complexity index is 442. The second-order valence-electron chi connectivity index (χ2n) is 3.67. The van der Waals surface area contributed by atoms with E-state index in [0.717, 1.165) is 29.9 Å². The zero-order valence-electron chi connectivity index (χ0n) is 11.3. The lowest BCUT2D eigenvalue weighted by Crippen LogP contribution is -2.06. The molecule has 0 bridgehead atoms. The molecule has 0 saturated heterocycles. The molecule has 0 amide bonds. The van der Waals surface area contributed by atoms with Gasteiger partial charge in [0.1, 0.15) is 5.69 Å². The van der Waals surface area contributed by atoms with Gasteiger partial charge < -0.3 is 4.74 Å². The van der Waals surface area contributed by atoms with Gasteiger partial charge in [-0.1, -0.05) is 0 Å². The lowest BCUT2D eigenvalue weighted by atomic mass is 10.1. The van der Waals surface area contributed by atoms with E-state index < -0.39 is 0 Å². The van der Waals surface area contributed by atoms with Crippen molar-refractivity contribution in [3.8, 4) is 0 Å². The number of pyridine rings is 1. The molecule has 104 valence electrons. The summed E-state index contributed by atoms with van der Waals surface area (Å²) in [6, 6.07) is 3.84. The van der Waals surface area contributed by atoms with Gasteiger partial charge in [0.15, 0.2) is 0 Å². The molecule has 0 saturated carbocycles. The molecule has 0 radical (unpaired) electrons. The maximum absolute atomic E-state index is 11.4. The van der Waals surface area contributed by atoms with Crippen LogP contribution in [-0.4, -0.2) is 36.2 Å². The Morgan fingerprint density at radius 1 is 1.42 bits per heavy atom. The molecule has 6 heteroatoms. The van der Waals surface area contributed by atoms with Crippen LogP contribution in [0.5, 0.6) is 0 Å². The molecule has 0 aliphatic heterocycles. The van der Waals surface area contributed by atoms with E-state index in [0.29, 0.717) is 5.69 Å². The van der Waals surface area contributed by atoms with Crippen molar-refractivity contribution in [3.05, 3.63) is 29.1 Å². The third-order valence-electron chi connectivity index (χ3n) is 2.22. The Hall–Kier alpha value is -1.65. The quantitative estimate of drug-likeness (QED) is 0.607. The van der Waals surface area contributed by atoms with E-state index in [4.69, 9.17) is 9.59 Å². The van der Waals surface area contributed by atoms with Crippen LogP contribution in [0.4, 0.5) is 0 Å². The molecule has 5 nitrogen and oxygen atoms in total. The lowest BCUT2D eigenvalue weighted by Gasteiger charge is -2.05. The fourth-order valence-electron chi connectivity index (χ4n) is 1.51. The summed E-state index contributed by atoms with van der Waals surface area (Å²) in [6.07, 6.45) is 4.44. The molecule has 0 N–H and O–H groups in total. The molecule has 0 atom stereocenters. The Kier molecular flexibility index (Phi) is 9.40. The zero-order chi connectivity index (χ0) is 14.7. The fourth-order valence-corrected chi connectivity index (χ4v) is 1.95. The van der Waals surface area contributed by atoms with Gasteiger partial charge in [-0.25, -0.2) is 9.78 Å². The minimum Gasteiger partial charge on any atom is -0.464 e. The third kappa shape index (κ3) is 7.39. The van der Waals surface area contributed by atoms with Crippen molar-refractivity contribution in [3.63, 3.8) is 0 Å². The van der Waals surface area contributed by atoms with Crippen molar-refractivity contribution in [2.24, 2.45) is 0 Å². The van der Waals surface area contributed by atoms with Crippen molar-refractivity contribution in [1.82, 2.24) is 4.98 Å². The summed E-state index contributed by atoms with van der Waals surface area (Å²) in [5.41, 5.74) is 2.42. The first-order valence-electron chi connectivity index (χ1n) is 5.63. The van der Waals surface area contributed by atoms with Crippen LogP contribution in [0.15, 0.2) is 12.1 Å². The minimum atomic E-state index is -0.366. The maximum atomic E-state index is 11.4. The Labute approximate surface area is 116 Å². The van der Waals surface area contributed by atoms with E-state index in [-0.39, 0.29) is 12.1 Å². The van der Waals surface area contributed by atoms with Crippen molar-refractivity contribution in [2.75, 3.05) is 19.1 Å². The first kappa shape index (κ1) is 17.4. The molecule has 0 spiro atoms. The molecule has 0 unspecified atom stereocenters. The average molecular weight is 283 g/mol. The van der Waals surface area contributed by atoms with Crippen LogP contribution in [0.25, 0.3) is 0 Å². The van der Waals surface area contributed by atoms with Gasteiger partial charge in [0.05, 0.1) is 7.11 Å². The molecule has 0 aliphatic carbocycles. The maximum Gasteiger partial charge on any atom is 0.373 e. The van der Waals surface area contributed by atoms with Crippen LogP contribution in [0.2, 0.25) is 0 Å². The second kappa shape index (κ2) is 10.3. The van der Waals surface area contributed by atoms with Crippen molar-refractivity contribution in [2.45, 2.75) is 19.8 Å². The molecule has 0 aliphatic rings. The molecule has 1 heterocycles. The molecule has 1 aromatic heterocycles. The highest BCUT2D eigenvalue weighted by atomic mass is 32.2. The standard InChI is InChI=1S/C12H17NO2S.CO2/c1-9-7-10(5-4-6-16-3)8-11(13-9)12(14)15-2;2-1-3/h7-8H,4-6H2,1-3H3;. The molecular formula is C13H17NO4S. The van der Waals surface area contributed by atoms with E-state index in [9.17, 15) is 4.79 Å². The zero-order valence-corrected chi connectivity index (χ0v) is 12.1. The van der Waals surface area contributed by atoms with E-state index in [1.54, 1.807) is 0 Å². The largest absolute Gasteiger partial charge is 0.464 e. The molecule has 1 aromatic rings. The van der Waals surface area contributed by atoms with Crippen molar-refractivity contribution in [1.29, 1.82) is 0 Å². The van der Waals surface area contributed by atoms with E-state index in [1.807, 2.05) is 30.8 Å². The van der Waals surface area contributed by atoms with Gasteiger partial charge >= 0.3 is 12.1 Å². The predicted octanol–water partition coefficient (Wildman–Crippen LogP) is 1.89. The van der Waals surface area contributed by atoms with Crippen LogP contribution >= 0.6 is 11.8 Å². The Morgan fingerprint density at radius 2 is 2.05 bits per heavy atom. The summed E-state index contributed by atoms with van der Waals surface area (Å²) in [6.45, 7) is 1.89. The van der Waals surface area contributed by atoms with Gasteiger partial charge in [-0.2, -0.15) is 21.4 Å². The number of carbonyl (C=O) groups is 1. The lowest BCUT2D eigenvalue weighted by molar-refractivity contribution is -0.191. The summed E-state index contributed by atoms with van der Waals surface area (Å²) >= 11 is 1.83. The average Bonchev–Trinajstić information content (AvgIpc) is 2.38. The number of rotatable bonds is 5. The van der Waals surface area contributed by atoms with Crippen LogP contribution < -0.4 is 0 Å². The van der Waals surface area contributed by atoms with Gasteiger partial charge in [-0.15, -0.1) is 0 Å². The number of thioether (sulfide) groups is 1. The van der Waals surface area contributed by atoms with Gasteiger partial charge in [-0.3, -0.25) is 0 Å². The number of esters is 1. The number of nitrogens with zero attached hydrogens (tertiary/aromatic N) is 1. The van der Waals surface area contributed by atoms with Crippen LogP contribution in [0.3, 0.4) is 0 Å². The van der Waals surface area contributed by atoms with Crippen LogP contribution in [0, 0.1) is 6.92 Å². The Morgan fingerprint density at radius 3 is 2.58 bits per heavy atom. The highest BCUT2D eigenvalue weighted by Gasteiger charge is 2.08. The molecule has 0 fully saturated rings. The van der Waals surface area contributed by atoms with Crippen LogP contribution in [-0.2, 0) is 20.7 Å². The second-order valence-corrected chi connectivity index (χ2v) is 4.66. The first-order valence-corrected chi connectivity index (χ1v) is 7.02. The van der Waals surface area contributed by atoms with Gasteiger partial charge in [0.2, 0.25) is 0 Å². The molecular weight excluding hydrogens is 266 g/mol. The minimum absolute atomic E-state index is 0.250. The monoisotopic (exact) mass is 283 g/mol. The number of hydrogen-bond acceptors (Lipinski definition) is 6. The highest BCUT2D eigenvalue weighted by molar-refractivity contribution is 7.98.